The summed E-state index contributed by atoms with van der Waals surface area (Å²) in [5.74, 6) is -0.109. The molecule has 0 aliphatic carbocycles. The summed E-state index contributed by atoms with van der Waals surface area (Å²) >= 11 is 0. The van der Waals surface area contributed by atoms with E-state index in [1.54, 1.807) is 38.4 Å². The largest absolute Gasteiger partial charge is 0.345 e. The highest BCUT2D eigenvalue weighted by atomic mass is 16.2. The first-order valence-electron chi connectivity index (χ1n) is 7.25. The normalized spacial score (nSPS) is 10.5. The van der Waals surface area contributed by atoms with Crippen molar-refractivity contribution in [2.24, 2.45) is 0 Å². The van der Waals surface area contributed by atoms with Crippen LogP contribution in [0.4, 0.5) is 5.69 Å². The predicted molar refractivity (Wildman–Crippen MR) is 85.5 cm³/mol. The van der Waals surface area contributed by atoms with Gasteiger partial charge in [-0.25, -0.2) is 0 Å². The maximum absolute atomic E-state index is 11.9. The average Bonchev–Trinajstić information content (AvgIpc) is 2.42. The van der Waals surface area contributed by atoms with Gasteiger partial charge in [0, 0.05) is 37.8 Å². The highest BCUT2D eigenvalue weighted by Crippen LogP contribution is 2.12. The number of amides is 2. The maximum atomic E-state index is 11.9. The Hall–Kier alpha value is -1.88. The number of carbonyl (C=O) groups is 2. The van der Waals surface area contributed by atoms with E-state index in [0.717, 1.165) is 13.0 Å². The molecule has 2 N–H and O–H groups in total. The lowest BCUT2D eigenvalue weighted by Crippen LogP contribution is -2.25. The van der Waals surface area contributed by atoms with Gasteiger partial charge in [0.15, 0.2) is 0 Å². The fourth-order valence-corrected chi connectivity index (χ4v) is 1.85. The van der Waals surface area contributed by atoms with Gasteiger partial charge < -0.3 is 15.5 Å². The van der Waals surface area contributed by atoms with E-state index in [9.17, 15) is 9.59 Å². The molecule has 0 aromatic heterocycles. The Morgan fingerprint density at radius 3 is 2.57 bits per heavy atom. The van der Waals surface area contributed by atoms with Crippen LogP contribution >= 0.6 is 0 Å². The third kappa shape index (κ3) is 6.40. The first-order chi connectivity index (χ1) is 9.90. The molecule has 1 aromatic carbocycles. The number of carbonyl (C=O) groups excluding carboxylic acids is 2. The quantitative estimate of drug-likeness (QED) is 0.756. The molecule has 0 saturated heterocycles. The molecule has 1 rings (SSSR count). The van der Waals surface area contributed by atoms with Crippen LogP contribution < -0.4 is 10.6 Å². The summed E-state index contributed by atoms with van der Waals surface area (Å²) < 4.78 is 0. The highest BCUT2D eigenvalue weighted by Gasteiger charge is 2.09. The van der Waals surface area contributed by atoms with E-state index in [0.29, 0.717) is 23.7 Å². The van der Waals surface area contributed by atoms with E-state index < -0.39 is 0 Å². The van der Waals surface area contributed by atoms with Crippen molar-refractivity contribution in [2.75, 3.05) is 26.0 Å². The van der Waals surface area contributed by atoms with E-state index >= 15 is 0 Å². The average molecular weight is 291 g/mol. The first-order valence-corrected chi connectivity index (χ1v) is 7.25. The van der Waals surface area contributed by atoms with Crippen LogP contribution in [0, 0.1) is 0 Å². The Balaban J connectivity index is 2.49. The molecule has 5 nitrogen and oxygen atoms in total. The van der Waals surface area contributed by atoms with Crippen molar-refractivity contribution in [1.29, 1.82) is 0 Å². The molecule has 2 amide bonds. The maximum Gasteiger partial charge on any atom is 0.253 e. The number of rotatable bonds is 7. The van der Waals surface area contributed by atoms with E-state index in [1.807, 2.05) is 0 Å². The monoisotopic (exact) mass is 291 g/mol. The molecule has 21 heavy (non-hydrogen) atoms. The second-order valence-corrected chi connectivity index (χ2v) is 5.54. The SMILES string of the molecule is CC(C)NCCCC(=O)Nc1cccc(C(=O)N(C)C)c1. The van der Waals surface area contributed by atoms with Crippen molar-refractivity contribution in [3.05, 3.63) is 29.8 Å². The lowest BCUT2D eigenvalue weighted by molar-refractivity contribution is -0.116. The Kier molecular flexibility index (Phi) is 6.88. The minimum atomic E-state index is -0.0766. The fraction of sp³-hybridized carbons (Fsp3) is 0.500. The summed E-state index contributed by atoms with van der Waals surface area (Å²) in [4.78, 5) is 25.2. The summed E-state index contributed by atoms with van der Waals surface area (Å²) in [5, 5.41) is 6.10. The zero-order chi connectivity index (χ0) is 15.8. The van der Waals surface area contributed by atoms with Crippen LogP contribution in [0.15, 0.2) is 24.3 Å². The van der Waals surface area contributed by atoms with Crippen molar-refractivity contribution in [3.8, 4) is 0 Å². The smallest absolute Gasteiger partial charge is 0.253 e. The van der Waals surface area contributed by atoms with E-state index in [-0.39, 0.29) is 11.8 Å². The molecule has 0 atom stereocenters. The number of hydrogen-bond acceptors (Lipinski definition) is 3. The van der Waals surface area contributed by atoms with E-state index in [4.69, 9.17) is 0 Å². The van der Waals surface area contributed by atoms with Gasteiger partial charge in [0.05, 0.1) is 0 Å². The van der Waals surface area contributed by atoms with Crippen molar-refractivity contribution in [1.82, 2.24) is 10.2 Å². The van der Waals surface area contributed by atoms with Crippen LogP contribution in [-0.2, 0) is 4.79 Å². The summed E-state index contributed by atoms with van der Waals surface area (Å²) in [6.45, 7) is 4.98. The van der Waals surface area contributed by atoms with Crippen molar-refractivity contribution < 1.29 is 9.59 Å². The van der Waals surface area contributed by atoms with E-state index in [1.165, 1.54) is 4.90 Å². The molecule has 0 saturated carbocycles. The van der Waals surface area contributed by atoms with Gasteiger partial charge in [-0.05, 0) is 31.2 Å². The molecule has 0 radical (unpaired) electrons. The van der Waals surface area contributed by atoms with Crippen LogP contribution in [-0.4, -0.2) is 43.4 Å². The second-order valence-electron chi connectivity index (χ2n) is 5.54. The summed E-state index contributed by atoms with van der Waals surface area (Å²) in [7, 11) is 3.41. The number of benzene rings is 1. The molecule has 0 bridgehead atoms. The molecular formula is C16H25N3O2. The molecule has 0 heterocycles. The van der Waals surface area contributed by atoms with Gasteiger partial charge in [-0.2, -0.15) is 0 Å². The molecule has 0 unspecified atom stereocenters. The molecule has 5 heteroatoms. The van der Waals surface area contributed by atoms with Gasteiger partial charge in [0.2, 0.25) is 5.91 Å². The Morgan fingerprint density at radius 1 is 1.24 bits per heavy atom. The molecule has 0 aliphatic heterocycles. The van der Waals surface area contributed by atoms with Crippen molar-refractivity contribution in [2.45, 2.75) is 32.7 Å². The first kappa shape index (κ1) is 17.2. The summed E-state index contributed by atoms with van der Waals surface area (Å²) in [6.07, 6.45) is 1.26. The number of hydrogen-bond donors (Lipinski definition) is 2. The predicted octanol–water partition coefficient (Wildman–Crippen LogP) is 2.11. The van der Waals surface area contributed by atoms with Crippen LogP contribution in [0.25, 0.3) is 0 Å². The van der Waals surface area contributed by atoms with Gasteiger partial charge in [0.1, 0.15) is 0 Å². The Bertz CT molecular complexity index is 484. The van der Waals surface area contributed by atoms with Gasteiger partial charge in [-0.1, -0.05) is 19.9 Å². The molecule has 0 aliphatic rings. The zero-order valence-corrected chi connectivity index (χ0v) is 13.3. The van der Waals surface area contributed by atoms with Gasteiger partial charge >= 0.3 is 0 Å². The van der Waals surface area contributed by atoms with E-state index in [2.05, 4.69) is 24.5 Å². The van der Waals surface area contributed by atoms with Crippen LogP contribution in [0.3, 0.4) is 0 Å². The molecule has 0 fully saturated rings. The lowest BCUT2D eigenvalue weighted by Gasteiger charge is -2.12. The standard InChI is InChI=1S/C16H25N3O2/c1-12(2)17-10-6-9-15(20)18-14-8-5-7-13(11-14)16(21)19(3)4/h5,7-8,11-12,17H,6,9-10H2,1-4H3,(H,18,20). The summed E-state index contributed by atoms with van der Waals surface area (Å²) in [5.41, 5.74) is 1.23. The van der Waals surface area contributed by atoms with Gasteiger partial charge in [0.25, 0.3) is 5.91 Å². The number of nitrogens with one attached hydrogen (secondary N) is 2. The van der Waals surface area contributed by atoms with Crippen molar-refractivity contribution >= 4 is 17.5 Å². The van der Waals surface area contributed by atoms with Gasteiger partial charge in [-0.3, -0.25) is 9.59 Å². The van der Waals surface area contributed by atoms with Crippen LogP contribution in [0.1, 0.15) is 37.0 Å². The molecule has 116 valence electrons. The minimum Gasteiger partial charge on any atom is -0.345 e. The van der Waals surface area contributed by atoms with Crippen molar-refractivity contribution in [3.63, 3.8) is 0 Å². The number of nitrogens with zero attached hydrogens (tertiary/aromatic N) is 1. The minimum absolute atomic E-state index is 0.0324. The molecule has 0 spiro atoms. The third-order valence-corrected chi connectivity index (χ3v) is 2.93. The van der Waals surface area contributed by atoms with Crippen LogP contribution in [0.2, 0.25) is 0 Å². The fourth-order valence-electron chi connectivity index (χ4n) is 1.85. The van der Waals surface area contributed by atoms with Gasteiger partial charge in [-0.15, -0.1) is 0 Å². The third-order valence-electron chi connectivity index (χ3n) is 2.93. The Labute approximate surface area is 126 Å². The lowest BCUT2D eigenvalue weighted by atomic mass is 10.1. The molecule has 1 aromatic rings. The molecular weight excluding hydrogens is 266 g/mol. The highest BCUT2D eigenvalue weighted by molar-refractivity contribution is 5.96. The topological polar surface area (TPSA) is 61.4 Å². The Morgan fingerprint density at radius 2 is 1.95 bits per heavy atom. The second kappa shape index (κ2) is 8.42. The van der Waals surface area contributed by atoms with Crippen LogP contribution in [0.5, 0.6) is 0 Å². The summed E-state index contributed by atoms with van der Waals surface area (Å²) in [6, 6.07) is 7.43. The zero-order valence-electron chi connectivity index (χ0n) is 13.3. The number of anilines is 1.